The highest BCUT2D eigenvalue weighted by molar-refractivity contribution is 5.96. The van der Waals surface area contributed by atoms with Crippen LogP contribution >= 0.6 is 0 Å². The minimum atomic E-state index is -0.138. The number of nitrogens with zero attached hydrogens (tertiary/aromatic N) is 1. The Bertz CT molecular complexity index is 623. The van der Waals surface area contributed by atoms with Gasteiger partial charge in [-0.2, -0.15) is 0 Å². The highest BCUT2D eigenvalue weighted by Crippen LogP contribution is 2.20. The third-order valence-corrected chi connectivity index (χ3v) is 3.84. The Labute approximate surface area is 143 Å². The first-order chi connectivity index (χ1) is 11.6. The van der Waals surface area contributed by atoms with E-state index in [9.17, 15) is 4.79 Å². The number of benzene rings is 1. The summed E-state index contributed by atoms with van der Waals surface area (Å²) >= 11 is 0. The van der Waals surface area contributed by atoms with Crippen molar-refractivity contribution >= 4 is 5.91 Å². The summed E-state index contributed by atoms with van der Waals surface area (Å²) in [4.78, 5) is 14.6. The summed E-state index contributed by atoms with van der Waals surface area (Å²) in [6.07, 6.45) is 3.67. The molecule has 1 aromatic heterocycles. The van der Waals surface area contributed by atoms with Gasteiger partial charge in [0, 0.05) is 6.54 Å². The van der Waals surface area contributed by atoms with E-state index >= 15 is 0 Å². The monoisotopic (exact) mass is 330 g/mol. The molecule has 5 nitrogen and oxygen atoms in total. The Morgan fingerprint density at radius 3 is 2.71 bits per heavy atom. The van der Waals surface area contributed by atoms with Crippen LogP contribution in [0.4, 0.5) is 0 Å². The van der Waals surface area contributed by atoms with Gasteiger partial charge in [0.05, 0.1) is 24.5 Å². The molecule has 0 aliphatic heterocycles. The van der Waals surface area contributed by atoms with Gasteiger partial charge in [0.15, 0.2) is 0 Å². The second-order valence-electron chi connectivity index (χ2n) is 5.90. The van der Waals surface area contributed by atoms with Crippen LogP contribution in [-0.4, -0.2) is 38.1 Å². The molecule has 2 rings (SSSR count). The number of ether oxygens (including phenoxy) is 1. The van der Waals surface area contributed by atoms with Crippen molar-refractivity contribution < 1.29 is 13.9 Å². The number of para-hydroxylation sites is 1. The highest BCUT2D eigenvalue weighted by atomic mass is 16.5. The van der Waals surface area contributed by atoms with Crippen LogP contribution in [0.15, 0.2) is 47.1 Å². The second-order valence-corrected chi connectivity index (χ2v) is 5.90. The van der Waals surface area contributed by atoms with Crippen LogP contribution in [0.25, 0.3) is 0 Å². The van der Waals surface area contributed by atoms with Gasteiger partial charge in [0.1, 0.15) is 11.5 Å². The maximum atomic E-state index is 12.6. The zero-order chi connectivity index (χ0) is 17.4. The summed E-state index contributed by atoms with van der Waals surface area (Å²) in [6, 6.07) is 11.1. The van der Waals surface area contributed by atoms with E-state index in [-0.39, 0.29) is 11.9 Å². The largest absolute Gasteiger partial charge is 0.493 e. The molecule has 0 spiro atoms. The Morgan fingerprint density at radius 1 is 1.25 bits per heavy atom. The topological polar surface area (TPSA) is 54.7 Å². The maximum Gasteiger partial charge on any atom is 0.255 e. The van der Waals surface area contributed by atoms with Crippen LogP contribution in [-0.2, 0) is 0 Å². The Morgan fingerprint density at radius 2 is 2.04 bits per heavy atom. The second kappa shape index (κ2) is 9.13. The molecule has 1 N–H and O–H groups in total. The molecule has 0 aliphatic rings. The predicted molar refractivity (Wildman–Crippen MR) is 94.3 cm³/mol. The van der Waals surface area contributed by atoms with Crippen molar-refractivity contribution in [2.24, 2.45) is 0 Å². The fourth-order valence-electron chi connectivity index (χ4n) is 2.41. The Kier molecular flexibility index (Phi) is 6.88. The number of carbonyl (C=O) groups excluding carboxylic acids is 1. The molecule has 0 fully saturated rings. The molecule has 0 saturated carbocycles. The standard InChI is InChI=1S/C19H26N2O3/c1-4-5-12-23-17-10-7-6-9-15(17)19(22)20-14-16(21(2)3)18-11-8-13-24-18/h6-11,13,16H,4-5,12,14H2,1-3H3,(H,20,22)/t16-/m1/s1. The smallest absolute Gasteiger partial charge is 0.255 e. The van der Waals surface area contributed by atoms with Gasteiger partial charge in [0.25, 0.3) is 5.91 Å². The first-order valence-corrected chi connectivity index (χ1v) is 8.33. The molecule has 0 aliphatic carbocycles. The quantitative estimate of drug-likeness (QED) is 0.715. The lowest BCUT2D eigenvalue weighted by Crippen LogP contribution is -2.34. The number of likely N-dealkylation sites (N-methyl/N-ethyl adjacent to an activating group) is 1. The average molecular weight is 330 g/mol. The summed E-state index contributed by atoms with van der Waals surface area (Å²) in [5, 5.41) is 2.98. The van der Waals surface area contributed by atoms with Crippen LogP contribution in [0.2, 0.25) is 0 Å². The summed E-state index contributed by atoms with van der Waals surface area (Å²) in [7, 11) is 3.92. The number of rotatable bonds is 9. The number of carbonyl (C=O) groups is 1. The van der Waals surface area contributed by atoms with Gasteiger partial charge in [-0.15, -0.1) is 0 Å². The number of hydrogen-bond acceptors (Lipinski definition) is 4. The van der Waals surface area contributed by atoms with Crippen LogP contribution < -0.4 is 10.1 Å². The fourth-order valence-corrected chi connectivity index (χ4v) is 2.41. The lowest BCUT2D eigenvalue weighted by Gasteiger charge is -2.22. The molecule has 2 aromatic rings. The zero-order valence-corrected chi connectivity index (χ0v) is 14.6. The van der Waals surface area contributed by atoms with Gasteiger partial charge < -0.3 is 14.5 Å². The molecular weight excluding hydrogens is 304 g/mol. The van der Waals surface area contributed by atoms with Gasteiger partial charge in [-0.25, -0.2) is 0 Å². The lowest BCUT2D eigenvalue weighted by molar-refractivity contribution is 0.0935. The summed E-state index contributed by atoms with van der Waals surface area (Å²) < 4.78 is 11.2. The van der Waals surface area contributed by atoms with Gasteiger partial charge >= 0.3 is 0 Å². The van der Waals surface area contributed by atoms with Crippen LogP contribution in [0.1, 0.15) is 41.9 Å². The van der Waals surface area contributed by atoms with E-state index in [2.05, 4.69) is 12.2 Å². The van der Waals surface area contributed by atoms with Crippen molar-refractivity contribution in [3.05, 3.63) is 54.0 Å². The average Bonchev–Trinajstić information content (AvgIpc) is 3.09. The number of furan rings is 1. The molecule has 1 atom stereocenters. The SMILES string of the molecule is CCCCOc1ccccc1C(=O)NC[C@H](c1ccco1)N(C)C. The van der Waals surface area contributed by atoms with Gasteiger partial charge in [-0.05, 0) is 44.8 Å². The number of hydrogen-bond donors (Lipinski definition) is 1. The summed E-state index contributed by atoms with van der Waals surface area (Å²) in [5.74, 6) is 1.32. The van der Waals surface area contributed by atoms with Gasteiger partial charge in [0.2, 0.25) is 0 Å². The maximum absolute atomic E-state index is 12.6. The molecule has 0 unspecified atom stereocenters. The van der Waals surface area contributed by atoms with Crippen molar-refractivity contribution in [3.63, 3.8) is 0 Å². The summed E-state index contributed by atoms with van der Waals surface area (Å²) in [5.41, 5.74) is 0.561. The minimum Gasteiger partial charge on any atom is -0.493 e. The van der Waals surface area contributed by atoms with Crippen LogP contribution in [0, 0.1) is 0 Å². The molecule has 0 bridgehead atoms. The van der Waals surface area contributed by atoms with Gasteiger partial charge in [-0.1, -0.05) is 25.5 Å². The van der Waals surface area contributed by atoms with Gasteiger partial charge in [-0.3, -0.25) is 9.69 Å². The van der Waals surface area contributed by atoms with Crippen molar-refractivity contribution in [1.82, 2.24) is 10.2 Å². The molecule has 24 heavy (non-hydrogen) atoms. The van der Waals surface area contributed by atoms with E-state index < -0.39 is 0 Å². The zero-order valence-electron chi connectivity index (χ0n) is 14.6. The molecule has 1 amide bonds. The number of unbranched alkanes of at least 4 members (excludes halogenated alkanes) is 1. The molecule has 130 valence electrons. The molecule has 0 saturated heterocycles. The van der Waals surface area contributed by atoms with Crippen molar-refractivity contribution in [1.29, 1.82) is 0 Å². The molecule has 5 heteroatoms. The first-order valence-electron chi connectivity index (χ1n) is 8.33. The first kappa shape index (κ1) is 18.1. The van der Waals surface area contributed by atoms with E-state index in [4.69, 9.17) is 9.15 Å². The van der Waals surface area contributed by atoms with E-state index in [1.807, 2.05) is 49.3 Å². The van der Waals surface area contributed by atoms with E-state index in [0.717, 1.165) is 18.6 Å². The minimum absolute atomic E-state index is 0.0166. The molecule has 1 aromatic carbocycles. The molecule has 1 heterocycles. The van der Waals surface area contributed by atoms with E-state index in [1.54, 1.807) is 12.3 Å². The van der Waals surface area contributed by atoms with Crippen molar-refractivity contribution in [3.8, 4) is 5.75 Å². The number of nitrogens with one attached hydrogen (secondary N) is 1. The van der Waals surface area contributed by atoms with Crippen LogP contribution in [0.5, 0.6) is 5.75 Å². The normalized spacial score (nSPS) is 12.2. The third-order valence-electron chi connectivity index (χ3n) is 3.84. The Hall–Kier alpha value is -2.27. The Balaban J connectivity index is 2.01. The molecular formula is C19H26N2O3. The molecule has 0 radical (unpaired) electrons. The number of amides is 1. The third kappa shape index (κ3) is 4.86. The predicted octanol–water partition coefficient (Wildman–Crippen LogP) is 3.49. The fraction of sp³-hybridized carbons (Fsp3) is 0.421. The summed E-state index contributed by atoms with van der Waals surface area (Å²) in [6.45, 7) is 3.19. The van der Waals surface area contributed by atoms with Crippen LogP contribution in [0.3, 0.4) is 0 Å². The lowest BCUT2D eigenvalue weighted by atomic mass is 10.1. The van der Waals surface area contributed by atoms with E-state index in [1.165, 1.54) is 0 Å². The van der Waals surface area contributed by atoms with E-state index in [0.29, 0.717) is 24.5 Å². The van der Waals surface area contributed by atoms with Crippen molar-refractivity contribution in [2.45, 2.75) is 25.8 Å². The highest BCUT2D eigenvalue weighted by Gasteiger charge is 2.19. The van der Waals surface area contributed by atoms with Crippen molar-refractivity contribution in [2.75, 3.05) is 27.2 Å².